The number of hydrogen-bond acceptors (Lipinski definition) is 2. The molecule has 0 amide bonds. The summed E-state index contributed by atoms with van der Waals surface area (Å²) in [5.41, 5.74) is 5.74. The molecule has 3 N–H and O–H groups in total. The van der Waals surface area contributed by atoms with Crippen LogP contribution in [0.25, 0.3) is 0 Å². The topological polar surface area (TPSA) is 46.2 Å². The summed E-state index contributed by atoms with van der Waals surface area (Å²) >= 11 is 0. The fourth-order valence-electron chi connectivity index (χ4n) is 1.03. The number of aliphatic hydroxyl groups excluding tert-OH is 1. The van der Waals surface area contributed by atoms with E-state index in [1.54, 1.807) is 0 Å². The summed E-state index contributed by atoms with van der Waals surface area (Å²) in [6.45, 7) is 2.45. The van der Waals surface area contributed by atoms with E-state index in [-0.39, 0.29) is 0 Å². The van der Waals surface area contributed by atoms with E-state index in [1.807, 2.05) is 0 Å². The van der Waals surface area contributed by atoms with Crippen LogP contribution in [0.5, 0.6) is 0 Å². The summed E-state index contributed by atoms with van der Waals surface area (Å²) in [6, 6.07) is 0.358. The molecule has 0 heterocycles. The average molecular weight is 145 g/mol. The fraction of sp³-hybridized carbons (Fsp3) is 1.00. The van der Waals surface area contributed by atoms with Crippen molar-refractivity contribution in [2.75, 3.05) is 6.61 Å². The molecule has 0 aromatic heterocycles. The van der Waals surface area contributed by atoms with E-state index in [9.17, 15) is 0 Å². The first-order valence-electron chi connectivity index (χ1n) is 4.17. The van der Waals surface area contributed by atoms with Crippen LogP contribution in [0, 0.1) is 0 Å². The van der Waals surface area contributed by atoms with Gasteiger partial charge in [-0.3, -0.25) is 0 Å². The molecule has 2 heteroatoms. The van der Waals surface area contributed by atoms with Gasteiger partial charge in [0.15, 0.2) is 0 Å². The van der Waals surface area contributed by atoms with Gasteiger partial charge in [0.25, 0.3) is 0 Å². The van der Waals surface area contributed by atoms with E-state index < -0.39 is 0 Å². The SMILES string of the molecule is CCCC(N)CCCCO. The van der Waals surface area contributed by atoms with Gasteiger partial charge in [0, 0.05) is 12.6 Å². The van der Waals surface area contributed by atoms with Crippen LogP contribution in [-0.4, -0.2) is 17.8 Å². The van der Waals surface area contributed by atoms with Gasteiger partial charge < -0.3 is 10.8 Å². The van der Waals surface area contributed by atoms with Gasteiger partial charge in [-0.1, -0.05) is 13.3 Å². The Balaban J connectivity index is 2.97. The van der Waals surface area contributed by atoms with Crippen molar-refractivity contribution in [3.8, 4) is 0 Å². The molecule has 0 fully saturated rings. The molecule has 0 aromatic rings. The zero-order valence-electron chi connectivity index (χ0n) is 6.84. The Morgan fingerprint density at radius 1 is 1.30 bits per heavy atom. The highest BCUT2D eigenvalue weighted by molar-refractivity contribution is 4.59. The van der Waals surface area contributed by atoms with Crippen molar-refractivity contribution in [2.45, 2.75) is 45.1 Å². The van der Waals surface area contributed by atoms with Gasteiger partial charge in [0.1, 0.15) is 0 Å². The van der Waals surface area contributed by atoms with Gasteiger partial charge in [0.2, 0.25) is 0 Å². The molecular weight excluding hydrogens is 126 g/mol. The number of aliphatic hydroxyl groups is 1. The molecule has 0 saturated carbocycles. The Kier molecular flexibility index (Phi) is 6.98. The first-order chi connectivity index (χ1) is 4.81. The lowest BCUT2D eigenvalue weighted by Gasteiger charge is -2.08. The van der Waals surface area contributed by atoms with E-state index >= 15 is 0 Å². The molecule has 0 spiro atoms. The molecule has 62 valence electrons. The first kappa shape index (κ1) is 9.92. The summed E-state index contributed by atoms with van der Waals surface area (Å²) in [7, 11) is 0. The van der Waals surface area contributed by atoms with Gasteiger partial charge >= 0.3 is 0 Å². The lowest BCUT2D eigenvalue weighted by molar-refractivity contribution is 0.280. The van der Waals surface area contributed by atoms with E-state index in [0.29, 0.717) is 12.6 Å². The summed E-state index contributed by atoms with van der Waals surface area (Å²) in [5.74, 6) is 0. The Morgan fingerprint density at radius 2 is 2.00 bits per heavy atom. The van der Waals surface area contributed by atoms with Gasteiger partial charge in [-0.25, -0.2) is 0 Å². The van der Waals surface area contributed by atoms with Gasteiger partial charge in [0.05, 0.1) is 0 Å². The Bertz CT molecular complexity index is 66.3. The fourth-order valence-corrected chi connectivity index (χ4v) is 1.03. The van der Waals surface area contributed by atoms with Crippen molar-refractivity contribution in [1.29, 1.82) is 0 Å². The van der Waals surface area contributed by atoms with Gasteiger partial charge in [-0.05, 0) is 25.7 Å². The third-order valence-electron chi connectivity index (χ3n) is 1.64. The summed E-state index contributed by atoms with van der Waals surface area (Å²) in [4.78, 5) is 0. The molecular formula is C8H19NO. The minimum Gasteiger partial charge on any atom is -0.396 e. The van der Waals surface area contributed by atoms with E-state index in [4.69, 9.17) is 10.8 Å². The van der Waals surface area contributed by atoms with Gasteiger partial charge in [-0.2, -0.15) is 0 Å². The molecule has 1 atom stereocenters. The standard InChI is InChI=1S/C8H19NO/c1-2-5-8(9)6-3-4-7-10/h8,10H,2-7,9H2,1H3. The van der Waals surface area contributed by atoms with Gasteiger partial charge in [-0.15, -0.1) is 0 Å². The second-order valence-corrected chi connectivity index (χ2v) is 2.77. The Hall–Kier alpha value is -0.0800. The lowest BCUT2D eigenvalue weighted by Crippen LogP contribution is -2.19. The summed E-state index contributed by atoms with van der Waals surface area (Å²) in [5, 5.41) is 8.47. The van der Waals surface area contributed by atoms with E-state index in [0.717, 1.165) is 25.7 Å². The summed E-state index contributed by atoms with van der Waals surface area (Å²) < 4.78 is 0. The number of hydrogen-bond donors (Lipinski definition) is 2. The quantitative estimate of drug-likeness (QED) is 0.553. The molecule has 0 rings (SSSR count). The minimum atomic E-state index is 0.304. The zero-order chi connectivity index (χ0) is 7.82. The van der Waals surface area contributed by atoms with E-state index in [1.165, 1.54) is 6.42 Å². The highest BCUT2D eigenvalue weighted by Crippen LogP contribution is 2.03. The van der Waals surface area contributed by atoms with Crippen molar-refractivity contribution in [1.82, 2.24) is 0 Å². The predicted octanol–water partition coefficient (Wildman–Crippen LogP) is 1.28. The normalized spacial score (nSPS) is 13.5. The van der Waals surface area contributed by atoms with Crippen LogP contribution in [0.2, 0.25) is 0 Å². The van der Waals surface area contributed by atoms with Crippen LogP contribution in [0.3, 0.4) is 0 Å². The molecule has 2 nitrogen and oxygen atoms in total. The van der Waals surface area contributed by atoms with Crippen molar-refractivity contribution >= 4 is 0 Å². The van der Waals surface area contributed by atoms with Crippen molar-refractivity contribution in [3.63, 3.8) is 0 Å². The van der Waals surface area contributed by atoms with Crippen LogP contribution >= 0.6 is 0 Å². The second kappa shape index (κ2) is 7.03. The summed E-state index contributed by atoms with van der Waals surface area (Å²) in [6.07, 6.45) is 5.31. The number of nitrogens with two attached hydrogens (primary N) is 1. The molecule has 0 bridgehead atoms. The van der Waals surface area contributed by atoms with Crippen LogP contribution in [0.15, 0.2) is 0 Å². The average Bonchev–Trinajstić information content (AvgIpc) is 1.89. The van der Waals surface area contributed by atoms with Crippen LogP contribution in [0.4, 0.5) is 0 Å². The largest absolute Gasteiger partial charge is 0.396 e. The minimum absolute atomic E-state index is 0.304. The lowest BCUT2D eigenvalue weighted by atomic mass is 10.1. The van der Waals surface area contributed by atoms with E-state index in [2.05, 4.69) is 6.92 Å². The monoisotopic (exact) mass is 145 g/mol. The molecule has 0 aromatic carbocycles. The Labute approximate surface area is 63.4 Å². The maximum atomic E-state index is 8.47. The molecule has 10 heavy (non-hydrogen) atoms. The van der Waals surface area contributed by atoms with Crippen LogP contribution in [-0.2, 0) is 0 Å². The third-order valence-corrected chi connectivity index (χ3v) is 1.64. The van der Waals surface area contributed by atoms with Crippen molar-refractivity contribution in [2.24, 2.45) is 5.73 Å². The molecule has 1 unspecified atom stereocenters. The maximum Gasteiger partial charge on any atom is 0.0431 e. The van der Waals surface area contributed by atoms with Crippen molar-refractivity contribution < 1.29 is 5.11 Å². The van der Waals surface area contributed by atoms with Crippen molar-refractivity contribution in [3.05, 3.63) is 0 Å². The molecule has 0 aliphatic heterocycles. The second-order valence-electron chi connectivity index (χ2n) is 2.77. The molecule has 0 radical (unpaired) electrons. The maximum absolute atomic E-state index is 8.47. The molecule has 0 aliphatic rings. The van der Waals surface area contributed by atoms with Crippen LogP contribution in [0.1, 0.15) is 39.0 Å². The molecule has 0 saturated heterocycles. The Morgan fingerprint density at radius 3 is 2.50 bits per heavy atom. The highest BCUT2D eigenvalue weighted by atomic mass is 16.2. The highest BCUT2D eigenvalue weighted by Gasteiger charge is 1.98. The smallest absolute Gasteiger partial charge is 0.0431 e. The molecule has 0 aliphatic carbocycles. The zero-order valence-corrected chi connectivity index (χ0v) is 6.84. The third kappa shape index (κ3) is 6.05. The van der Waals surface area contributed by atoms with Crippen LogP contribution < -0.4 is 5.73 Å². The first-order valence-corrected chi connectivity index (χ1v) is 4.17. The number of unbranched alkanes of at least 4 members (excludes halogenated alkanes) is 1. The predicted molar refractivity (Wildman–Crippen MR) is 43.8 cm³/mol. The number of rotatable bonds is 6.